The summed E-state index contributed by atoms with van der Waals surface area (Å²) in [5.74, 6) is 0.222. The standard InChI is InChI=1S/C25H19Cl3N2O2/c1-15-9-17(11-19(13-29)25(31)30-22-7-5-20(26)6-8-22)10-16(2)24(15)32-14-18-3-4-21(27)12-23(18)28/h3-12H,14H2,1-2H3,(H,30,31)/b19-11+. The molecule has 0 heterocycles. The highest BCUT2D eigenvalue weighted by Gasteiger charge is 2.12. The number of amides is 1. The molecule has 3 aromatic rings. The van der Waals surface area contributed by atoms with E-state index in [0.29, 0.717) is 27.4 Å². The van der Waals surface area contributed by atoms with Crippen LogP contribution in [-0.4, -0.2) is 5.91 Å². The second kappa shape index (κ2) is 10.6. The predicted molar refractivity (Wildman–Crippen MR) is 130 cm³/mol. The summed E-state index contributed by atoms with van der Waals surface area (Å²) in [4.78, 5) is 12.5. The molecular formula is C25H19Cl3N2O2. The molecule has 0 aliphatic rings. The quantitative estimate of drug-likeness (QED) is 0.292. The summed E-state index contributed by atoms with van der Waals surface area (Å²) in [6.45, 7) is 4.10. The van der Waals surface area contributed by atoms with Gasteiger partial charge in [0.05, 0.1) is 0 Å². The van der Waals surface area contributed by atoms with Gasteiger partial charge in [0.25, 0.3) is 5.91 Å². The van der Waals surface area contributed by atoms with E-state index >= 15 is 0 Å². The summed E-state index contributed by atoms with van der Waals surface area (Å²) in [6, 6.07) is 17.6. The second-order valence-electron chi connectivity index (χ2n) is 7.14. The maximum absolute atomic E-state index is 12.5. The minimum Gasteiger partial charge on any atom is -0.488 e. The highest BCUT2D eigenvalue weighted by molar-refractivity contribution is 6.35. The summed E-state index contributed by atoms with van der Waals surface area (Å²) in [5.41, 5.74) is 3.83. The predicted octanol–water partition coefficient (Wildman–Crippen LogP) is 7.39. The van der Waals surface area contributed by atoms with Crippen LogP contribution in [0, 0.1) is 25.2 Å². The Bertz CT molecular complexity index is 1210. The first kappa shape index (κ1) is 23.7. The number of carbonyl (C=O) groups excluding carboxylic acids is 1. The van der Waals surface area contributed by atoms with Gasteiger partial charge in [0.15, 0.2) is 0 Å². The smallest absolute Gasteiger partial charge is 0.266 e. The van der Waals surface area contributed by atoms with E-state index in [1.807, 2.05) is 38.1 Å². The van der Waals surface area contributed by atoms with Crippen LogP contribution in [0.15, 0.2) is 60.2 Å². The summed E-state index contributed by atoms with van der Waals surface area (Å²) >= 11 is 18.0. The fourth-order valence-corrected chi connectivity index (χ4v) is 3.72. The monoisotopic (exact) mass is 484 g/mol. The van der Waals surface area contributed by atoms with Gasteiger partial charge >= 0.3 is 0 Å². The van der Waals surface area contributed by atoms with Gasteiger partial charge < -0.3 is 10.1 Å². The van der Waals surface area contributed by atoms with Gasteiger partial charge in [0.1, 0.15) is 24.0 Å². The van der Waals surface area contributed by atoms with Crippen LogP contribution in [0.3, 0.4) is 0 Å². The Balaban J connectivity index is 1.77. The maximum atomic E-state index is 12.5. The third-order valence-corrected chi connectivity index (χ3v) is 5.49. The third-order valence-electron chi connectivity index (χ3n) is 4.65. The first-order valence-electron chi connectivity index (χ1n) is 9.63. The lowest BCUT2D eigenvalue weighted by Crippen LogP contribution is -2.13. The third kappa shape index (κ3) is 6.05. The number of aryl methyl sites for hydroxylation is 2. The number of rotatable bonds is 6. The van der Waals surface area contributed by atoms with E-state index in [-0.39, 0.29) is 5.57 Å². The highest BCUT2D eigenvalue weighted by atomic mass is 35.5. The van der Waals surface area contributed by atoms with Gasteiger partial charge in [0.2, 0.25) is 0 Å². The van der Waals surface area contributed by atoms with E-state index in [9.17, 15) is 10.1 Å². The number of halogens is 3. The highest BCUT2D eigenvalue weighted by Crippen LogP contribution is 2.29. The molecule has 7 heteroatoms. The number of hydrogen-bond acceptors (Lipinski definition) is 3. The van der Waals surface area contributed by atoms with Crippen molar-refractivity contribution in [2.24, 2.45) is 0 Å². The molecule has 0 unspecified atom stereocenters. The largest absolute Gasteiger partial charge is 0.488 e. The van der Waals surface area contributed by atoms with Crippen molar-refractivity contribution in [2.75, 3.05) is 5.32 Å². The van der Waals surface area contributed by atoms with Gasteiger partial charge in [-0.1, -0.05) is 40.9 Å². The molecule has 0 atom stereocenters. The number of anilines is 1. The van der Waals surface area contributed by atoms with Gasteiger partial charge in [-0.2, -0.15) is 5.26 Å². The van der Waals surface area contributed by atoms with Gasteiger partial charge in [-0.3, -0.25) is 4.79 Å². The molecule has 0 aliphatic heterocycles. The van der Waals surface area contributed by atoms with Gasteiger partial charge in [-0.05, 0) is 85.1 Å². The van der Waals surface area contributed by atoms with E-state index in [2.05, 4.69) is 5.32 Å². The fraction of sp³-hybridized carbons (Fsp3) is 0.120. The van der Waals surface area contributed by atoms with Gasteiger partial charge in [-0.25, -0.2) is 0 Å². The summed E-state index contributed by atoms with van der Waals surface area (Å²) in [5, 5.41) is 13.8. The molecule has 0 saturated carbocycles. The molecule has 3 aromatic carbocycles. The van der Waals surface area contributed by atoms with Crippen LogP contribution in [-0.2, 0) is 11.4 Å². The molecule has 0 fully saturated rings. The molecule has 0 aromatic heterocycles. The molecule has 0 spiro atoms. The van der Waals surface area contributed by atoms with Crippen LogP contribution in [0.5, 0.6) is 5.75 Å². The van der Waals surface area contributed by atoms with Crippen molar-refractivity contribution in [3.8, 4) is 11.8 Å². The number of nitrogens with zero attached hydrogens (tertiary/aromatic N) is 1. The molecule has 0 bridgehead atoms. The van der Waals surface area contributed by atoms with Crippen molar-refractivity contribution in [1.29, 1.82) is 5.26 Å². The molecule has 162 valence electrons. The summed E-state index contributed by atoms with van der Waals surface area (Å²) < 4.78 is 5.99. The van der Waals surface area contributed by atoms with Crippen LogP contribution in [0.2, 0.25) is 15.1 Å². The Hall–Kier alpha value is -2.97. The Kier molecular flexibility index (Phi) is 7.82. The van der Waals surface area contributed by atoms with Gasteiger partial charge in [0, 0.05) is 26.3 Å². The van der Waals surface area contributed by atoms with Crippen LogP contribution in [0.4, 0.5) is 5.69 Å². The van der Waals surface area contributed by atoms with Crippen molar-refractivity contribution in [3.63, 3.8) is 0 Å². The van der Waals surface area contributed by atoms with E-state index in [1.54, 1.807) is 42.5 Å². The van der Waals surface area contributed by atoms with Crippen LogP contribution < -0.4 is 10.1 Å². The molecule has 0 aliphatic carbocycles. The van der Waals surface area contributed by atoms with Crippen LogP contribution in [0.1, 0.15) is 22.3 Å². The molecule has 32 heavy (non-hydrogen) atoms. The van der Waals surface area contributed by atoms with Crippen LogP contribution in [0.25, 0.3) is 6.08 Å². The number of nitrogens with one attached hydrogen (secondary N) is 1. The van der Waals surface area contributed by atoms with Crippen molar-refractivity contribution in [3.05, 3.63) is 97.5 Å². The summed E-state index contributed by atoms with van der Waals surface area (Å²) in [6.07, 6.45) is 1.55. The molecular weight excluding hydrogens is 467 g/mol. The molecule has 1 amide bonds. The Morgan fingerprint density at radius 2 is 1.62 bits per heavy atom. The first-order chi connectivity index (χ1) is 15.3. The molecule has 0 radical (unpaired) electrons. The minimum atomic E-state index is -0.497. The lowest BCUT2D eigenvalue weighted by atomic mass is 10.0. The number of nitriles is 1. The normalized spacial score (nSPS) is 11.1. The molecule has 3 rings (SSSR count). The van der Waals surface area contributed by atoms with E-state index in [1.165, 1.54) is 0 Å². The van der Waals surface area contributed by atoms with Crippen molar-refractivity contribution >= 4 is 52.5 Å². The van der Waals surface area contributed by atoms with Crippen molar-refractivity contribution in [1.82, 2.24) is 0 Å². The molecule has 0 saturated heterocycles. The Morgan fingerprint density at radius 3 is 2.22 bits per heavy atom. The average molecular weight is 486 g/mol. The maximum Gasteiger partial charge on any atom is 0.266 e. The zero-order valence-corrected chi connectivity index (χ0v) is 19.6. The SMILES string of the molecule is Cc1cc(/C=C(\C#N)C(=O)Nc2ccc(Cl)cc2)cc(C)c1OCc1ccc(Cl)cc1Cl. The average Bonchev–Trinajstić information content (AvgIpc) is 2.74. The van der Waals surface area contributed by atoms with E-state index in [4.69, 9.17) is 39.5 Å². The lowest BCUT2D eigenvalue weighted by molar-refractivity contribution is -0.112. The Labute approximate surface area is 202 Å². The minimum absolute atomic E-state index is 0.0136. The van der Waals surface area contributed by atoms with Crippen LogP contribution >= 0.6 is 34.8 Å². The van der Waals surface area contributed by atoms with Gasteiger partial charge in [-0.15, -0.1) is 0 Å². The zero-order chi connectivity index (χ0) is 23.3. The molecule has 4 nitrogen and oxygen atoms in total. The lowest BCUT2D eigenvalue weighted by Gasteiger charge is -2.14. The molecule has 1 N–H and O–H groups in total. The second-order valence-corrected chi connectivity index (χ2v) is 8.42. The fourth-order valence-electron chi connectivity index (χ4n) is 3.13. The summed E-state index contributed by atoms with van der Waals surface area (Å²) in [7, 11) is 0. The topological polar surface area (TPSA) is 62.1 Å². The first-order valence-corrected chi connectivity index (χ1v) is 10.8. The van der Waals surface area contributed by atoms with Crippen molar-refractivity contribution < 1.29 is 9.53 Å². The van der Waals surface area contributed by atoms with Crippen molar-refractivity contribution in [2.45, 2.75) is 20.5 Å². The number of carbonyl (C=O) groups is 1. The number of benzene rings is 3. The van der Waals surface area contributed by atoms with E-state index < -0.39 is 5.91 Å². The van der Waals surface area contributed by atoms with E-state index in [0.717, 1.165) is 28.0 Å². The Morgan fingerprint density at radius 1 is 1.00 bits per heavy atom. The number of hydrogen-bond donors (Lipinski definition) is 1. The zero-order valence-electron chi connectivity index (χ0n) is 17.4. The number of ether oxygens (including phenoxy) is 1.